The highest BCUT2D eigenvalue weighted by molar-refractivity contribution is 5.67. The van der Waals surface area contributed by atoms with Gasteiger partial charge in [-0.05, 0) is 36.2 Å². The first-order chi connectivity index (χ1) is 14.8. The van der Waals surface area contributed by atoms with Crippen LogP contribution in [-0.4, -0.2) is 40.4 Å². The van der Waals surface area contributed by atoms with Gasteiger partial charge in [0.05, 0.1) is 5.69 Å². The molecule has 1 aromatic heterocycles. The highest BCUT2D eigenvalue weighted by Crippen LogP contribution is 2.24. The van der Waals surface area contributed by atoms with Gasteiger partial charge in [0.15, 0.2) is 5.82 Å². The summed E-state index contributed by atoms with van der Waals surface area (Å²) >= 11 is 0. The molecule has 0 saturated heterocycles. The van der Waals surface area contributed by atoms with E-state index in [4.69, 9.17) is 4.74 Å². The third kappa shape index (κ3) is 6.59. The quantitative estimate of drug-likeness (QED) is 0.538. The fourth-order valence-electron chi connectivity index (χ4n) is 2.64. The second-order valence-corrected chi connectivity index (χ2v) is 6.32. The number of carbonyl (C=O) groups is 1. The van der Waals surface area contributed by atoms with Gasteiger partial charge in [-0.15, -0.1) is 18.3 Å². The summed E-state index contributed by atoms with van der Waals surface area (Å²) in [6.07, 6.45) is -1.65. The second kappa shape index (κ2) is 9.79. The summed E-state index contributed by atoms with van der Waals surface area (Å²) in [7, 11) is 0. The van der Waals surface area contributed by atoms with Crippen molar-refractivity contribution in [3.8, 4) is 22.8 Å². The van der Waals surface area contributed by atoms with Gasteiger partial charge in [0, 0.05) is 12.1 Å². The minimum atomic E-state index is -4.74. The molecule has 3 aromatic rings. The Labute approximate surface area is 176 Å². The molecule has 0 aliphatic carbocycles. The number of hydrogen-bond donors (Lipinski definition) is 1. The summed E-state index contributed by atoms with van der Waals surface area (Å²) in [5.74, 6) is 0.156. The number of ether oxygens (including phenoxy) is 2. The number of hydrogen-bond acceptors (Lipinski definition) is 5. The third-order valence-electron chi connectivity index (χ3n) is 4.05. The predicted octanol–water partition coefficient (Wildman–Crippen LogP) is 4.29. The molecule has 0 aliphatic heterocycles. The Morgan fingerprint density at radius 1 is 1.13 bits per heavy atom. The van der Waals surface area contributed by atoms with Crippen LogP contribution >= 0.6 is 0 Å². The van der Waals surface area contributed by atoms with Gasteiger partial charge in [-0.25, -0.2) is 14.5 Å². The highest BCUT2D eigenvalue weighted by atomic mass is 19.4. The maximum atomic E-state index is 12.3. The van der Waals surface area contributed by atoms with Gasteiger partial charge in [-0.1, -0.05) is 36.9 Å². The van der Waals surface area contributed by atoms with Crippen LogP contribution in [0, 0.1) is 0 Å². The number of nitrogens with zero attached hydrogens (tertiary/aromatic N) is 3. The van der Waals surface area contributed by atoms with E-state index in [9.17, 15) is 18.0 Å². The van der Waals surface area contributed by atoms with Crippen LogP contribution in [-0.2, 0) is 11.2 Å². The standard InChI is InChI=1S/C21H19F3N4O3/c1-2-13-30-20(29)25-12-11-15-3-5-16(6-4-15)19-26-14-28(27-19)17-7-9-18(10-8-17)31-21(22,23)24/h2-10,14H,1,11-13H2,(H,25,29). The Bertz CT molecular complexity index is 1020. The zero-order chi connectivity index (χ0) is 22.3. The van der Waals surface area contributed by atoms with Crippen molar-refractivity contribution in [2.75, 3.05) is 13.2 Å². The fourth-order valence-corrected chi connectivity index (χ4v) is 2.64. The van der Waals surface area contributed by atoms with Crippen LogP contribution in [0.25, 0.3) is 17.1 Å². The van der Waals surface area contributed by atoms with E-state index in [1.165, 1.54) is 41.4 Å². The first kappa shape index (κ1) is 21.9. The van der Waals surface area contributed by atoms with Gasteiger partial charge in [0.1, 0.15) is 18.7 Å². The zero-order valence-corrected chi connectivity index (χ0v) is 16.3. The lowest BCUT2D eigenvalue weighted by Gasteiger charge is -2.09. The van der Waals surface area contributed by atoms with Crippen LogP contribution in [0.4, 0.5) is 18.0 Å². The molecule has 0 aliphatic rings. The first-order valence-corrected chi connectivity index (χ1v) is 9.23. The Kier molecular flexibility index (Phi) is 6.91. The average Bonchev–Trinajstić information content (AvgIpc) is 3.22. The molecule has 0 unspecified atom stereocenters. The smallest absolute Gasteiger partial charge is 0.445 e. The number of amides is 1. The van der Waals surface area contributed by atoms with E-state index in [0.29, 0.717) is 24.5 Å². The van der Waals surface area contributed by atoms with Crippen molar-refractivity contribution < 1.29 is 27.4 Å². The molecular weight excluding hydrogens is 413 g/mol. The van der Waals surface area contributed by atoms with Crippen LogP contribution in [0.5, 0.6) is 5.75 Å². The number of aromatic nitrogens is 3. The lowest BCUT2D eigenvalue weighted by molar-refractivity contribution is -0.274. The summed E-state index contributed by atoms with van der Waals surface area (Å²) in [5.41, 5.74) is 2.32. The maximum absolute atomic E-state index is 12.3. The molecule has 1 heterocycles. The zero-order valence-electron chi connectivity index (χ0n) is 16.3. The topological polar surface area (TPSA) is 78.3 Å². The highest BCUT2D eigenvalue weighted by Gasteiger charge is 2.31. The Morgan fingerprint density at radius 2 is 1.84 bits per heavy atom. The van der Waals surface area contributed by atoms with Crippen LogP contribution in [0.3, 0.4) is 0 Å². The number of halogens is 3. The third-order valence-corrected chi connectivity index (χ3v) is 4.05. The SMILES string of the molecule is C=CCOC(=O)NCCc1ccc(-c2ncn(-c3ccc(OC(F)(F)F)cc3)n2)cc1. The summed E-state index contributed by atoms with van der Waals surface area (Å²) < 4.78 is 46.9. The van der Waals surface area contributed by atoms with E-state index >= 15 is 0 Å². The van der Waals surface area contributed by atoms with Gasteiger partial charge >= 0.3 is 12.5 Å². The molecule has 0 fully saturated rings. The van der Waals surface area contributed by atoms with Crippen molar-refractivity contribution in [1.29, 1.82) is 0 Å². The average molecular weight is 432 g/mol. The molecule has 7 nitrogen and oxygen atoms in total. The van der Waals surface area contributed by atoms with E-state index in [1.807, 2.05) is 24.3 Å². The molecule has 162 valence electrons. The molecule has 0 radical (unpaired) electrons. The summed E-state index contributed by atoms with van der Waals surface area (Å²) in [4.78, 5) is 15.6. The van der Waals surface area contributed by atoms with Crippen molar-refractivity contribution in [2.45, 2.75) is 12.8 Å². The van der Waals surface area contributed by atoms with E-state index in [1.54, 1.807) is 0 Å². The molecule has 3 rings (SSSR count). The monoisotopic (exact) mass is 432 g/mol. The molecule has 1 N–H and O–H groups in total. The molecule has 0 atom stereocenters. The lowest BCUT2D eigenvalue weighted by Crippen LogP contribution is -2.26. The first-order valence-electron chi connectivity index (χ1n) is 9.23. The summed E-state index contributed by atoms with van der Waals surface area (Å²) in [6, 6.07) is 12.8. The minimum absolute atomic E-state index is 0.158. The largest absolute Gasteiger partial charge is 0.573 e. The van der Waals surface area contributed by atoms with E-state index in [2.05, 4.69) is 26.7 Å². The summed E-state index contributed by atoms with van der Waals surface area (Å²) in [5, 5.41) is 7.00. The number of nitrogens with one attached hydrogen (secondary N) is 1. The molecule has 1 amide bonds. The van der Waals surface area contributed by atoms with Crippen LogP contribution in [0.15, 0.2) is 67.5 Å². The lowest BCUT2D eigenvalue weighted by atomic mass is 10.1. The minimum Gasteiger partial charge on any atom is -0.445 e. The van der Waals surface area contributed by atoms with E-state index in [-0.39, 0.29) is 12.4 Å². The van der Waals surface area contributed by atoms with Crippen molar-refractivity contribution in [1.82, 2.24) is 20.1 Å². The molecule has 0 saturated carbocycles. The number of benzene rings is 2. The number of rotatable bonds is 8. The number of alkyl carbamates (subject to hydrolysis) is 1. The Morgan fingerprint density at radius 3 is 2.48 bits per heavy atom. The Balaban J connectivity index is 1.58. The van der Waals surface area contributed by atoms with Gasteiger partial charge in [-0.2, -0.15) is 0 Å². The van der Waals surface area contributed by atoms with E-state index < -0.39 is 12.5 Å². The van der Waals surface area contributed by atoms with Crippen molar-refractivity contribution in [3.63, 3.8) is 0 Å². The Hall–Kier alpha value is -3.82. The van der Waals surface area contributed by atoms with Crippen molar-refractivity contribution in [2.24, 2.45) is 0 Å². The van der Waals surface area contributed by atoms with Crippen molar-refractivity contribution >= 4 is 6.09 Å². The van der Waals surface area contributed by atoms with E-state index in [0.717, 1.165) is 11.1 Å². The molecule has 2 aromatic carbocycles. The number of carbonyl (C=O) groups excluding carboxylic acids is 1. The van der Waals surface area contributed by atoms with Gasteiger partial charge < -0.3 is 14.8 Å². The van der Waals surface area contributed by atoms with Crippen LogP contribution in [0.1, 0.15) is 5.56 Å². The molecule has 0 bridgehead atoms. The van der Waals surface area contributed by atoms with Crippen LogP contribution in [0.2, 0.25) is 0 Å². The van der Waals surface area contributed by atoms with Gasteiger partial charge in [0.25, 0.3) is 0 Å². The second-order valence-electron chi connectivity index (χ2n) is 6.32. The summed E-state index contributed by atoms with van der Waals surface area (Å²) in [6.45, 7) is 4.05. The molecular formula is C21H19F3N4O3. The van der Waals surface area contributed by atoms with Crippen LogP contribution < -0.4 is 10.1 Å². The normalized spacial score (nSPS) is 11.1. The van der Waals surface area contributed by atoms with Gasteiger partial charge in [0.2, 0.25) is 0 Å². The predicted molar refractivity (Wildman–Crippen MR) is 107 cm³/mol. The molecule has 10 heteroatoms. The molecule has 0 spiro atoms. The fraction of sp³-hybridized carbons (Fsp3) is 0.190. The number of alkyl halides is 3. The maximum Gasteiger partial charge on any atom is 0.573 e. The van der Waals surface area contributed by atoms with Crippen molar-refractivity contribution in [3.05, 3.63) is 73.1 Å². The van der Waals surface area contributed by atoms with Gasteiger partial charge in [-0.3, -0.25) is 0 Å². The molecule has 31 heavy (non-hydrogen) atoms.